The molecule has 0 radical (unpaired) electrons. The van der Waals surface area contributed by atoms with E-state index in [1.54, 1.807) is 36.4 Å². The zero-order valence-electron chi connectivity index (χ0n) is 15.0. The molecule has 0 saturated carbocycles. The van der Waals surface area contributed by atoms with Gasteiger partial charge in [0.1, 0.15) is 11.1 Å². The van der Waals surface area contributed by atoms with Crippen molar-refractivity contribution in [1.82, 2.24) is 10.2 Å². The fraction of sp³-hybridized carbons (Fsp3) is 0.100. The molecule has 1 amide bonds. The molecule has 3 heterocycles. The Morgan fingerprint density at radius 1 is 1.21 bits per heavy atom. The number of benzene rings is 2. The number of fused-ring (bicyclic) bond motifs is 2. The predicted molar refractivity (Wildman–Crippen MR) is 106 cm³/mol. The fourth-order valence-corrected chi connectivity index (χ4v) is 4.15. The third-order valence-corrected chi connectivity index (χ3v) is 5.54. The van der Waals surface area contributed by atoms with Gasteiger partial charge in [-0.2, -0.15) is 0 Å². The minimum atomic E-state index is -0.791. The van der Waals surface area contributed by atoms with E-state index < -0.39 is 11.9 Å². The number of amides is 1. The Morgan fingerprint density at radius 2 is 2.03 bits per heavy atom. The van der Waals surface area contributed by atoms with Crippen molar-refractivity contribution in [3.63, 3.8) is 0 Å². The lowest BCUT2D eigenvalue weighted by Gasteiger charge is -2.22. The Labute approximate surface area is 167 Å². The van der Waals surface area contributed by atoms with E-state index in [-0.39, 0.29) is 28.3 Å². The number of phenolic OH excluding ortho intramolecular Hbond substituents is 1. The molecule has 0 bridgehead atoms. The van der Waals surface area contributed by atoms with Crippen LogP contribution in [0.2, 0.25) is 0 Å². The molecule has 144 valence electrons. The van der Waals surface area contributed by atoms with E-state index in [0.29, 0.717) is 21.7 Å². The molecule has 1 unspecified atom stereocenters. The highest BCUT2D eigenvalue weighted by Crippen LogP contribution is 2.43. The van der Waals surface area contributed by atoms with Gasteiger partial charge in [-0.15, -0.1) is 10.2 Å². The summed E-state index contributed by atoms with van der Waals surface area (Å²) in [6.45, 7) is 0. The van der Waals surface area contributed by atoms with Crippen LogP contribution in [0.4, 0.5) is 5.13 Å². The van der Waals surface area contributed by atoms with Gasteiger partial charge in [0, 0.05) is 0 Å². The highest BCUT2D eigenvalue weighted by Gasteiger charge is 2.45. The van der Waals surface area contributed by atoms with Crippen LogP contribution in [0.1, 0.15) is 27.7 Å². The number of hydrogen-bond acceptors (Lipinski definition) is 8. The molecule has 0 saturated heterocycles. The van der Waals surface area contributed by atoms with Crippen LogP contribution in [-0.2, 0) is 0 Å². The van der Waals surface area contributed by atoms with Crippen LogP contribution < -0.4 is 15.1 Å². The summed E-state index contributed by atoms with van der Waals surface area (Å²) >= 11 is 1.17. The van der Waals surface area contributed by atoms with Crippen LogP contribution in [0, 0.1) is 0 Å². The molecule has 0 fully saturated rings. The molecule has 1 N–H and O–H groups in total. The van der Waals surface area contributed by atoms with Crippen molar-refractivity contribution in [2.75, 3.05) is 12.0 Å². The second-order valence-electron chi connectivity index (χ2n) is 6.40. The third kappa shape index (κ3) is 2.51. The lowest BCUT2D eigenvalue weighted by Crippen LogP contribution is -2.29. The summed E-state index contributed by atoms with van der Waals surface area (Å²) in [6, 6.07) is 10.7. The smallest absolute Gasteiger partial charge is 0.297 e. The maximum Gasteiger partial charge on any atom is 0.297 e. The molecule has 0 aliphatic carbocycles. The lowest BCUT2D eigenvalue weighted by atomic mass is 9.98. The van der Waals surface area contributed by atoms with Gasteiger partial charge in [0.25, 0.3) is 5.91 Å². The number of carbonyl (C=O) groups is 1. The van der Waals surface area contributed by atoms with Crippen LogP contribution in [-0.4, -0.2) is 28.3 Å². The molecule has 1 atom stereocenters. The van der Waals surface area contributed by atoms with Crippen LogP contribution in [0.5, 0.6) is 11.5 Å². The van der Waals surface area contributed by atoms with Crippen LogP contribution >= 0.6 is 11.3 Å². The molecule has 4 aromatic rings. The Kier molecular flexibility index (Phi) is 3.85. The normalized spacial score (nSPS) is 15.7. The molecule has 1 aliphatic rings. The number of hydrogen-bond donors (Lipinski definition) is 1. The monoisotopic (exact) mass is 407 g/mol. The number of phenols is 1. The quantitative estimate of drug-likeness (QED) is 0.556. The number of aromatic nitrogens is 2. The Hall–Kier alpha value is -3.72. The van der Waals surface area contributed by atoms with E-state index in [1.165, 1.54) is 34.9 Å². The first-order valence-corrected chi connectivity index (χ1v) is 9.50. The third-order valence-electron chi connectivity index (χ3n) is 4.85. The van der Waals surface area contributed by atoms with Crippen molar-refractivity contribution in [2.45, 2.75) is 6.04 Å². The van der Waals surface area contributed by atoms with Crippen molar-refractivity contribution >= 4 is 33.3 Å². The summed E-state index contributed by atoms with van der Waals surface area (Å²) in [7, 11) is 1.43. The van der Waals surface area contributed by atoms with E-state index in [0.717, 1.165) is 0 Å². The highest BCUT2D eigenvalue weighted by molar-refractivity contribution is 7.13. The average molecular weight is 407 g/mol. The van der Waals surface area contributed by atoms with Gasteiger partial charge in [-0.1, -0.05) is 29.5 Å². The first-order chi connectivity index (χ1) is 14.1. The number of carbonyl (C=O) groups excluding carboxylic acids is 1. The fourth-order valence-electron chi connectivity index (χ4n) is 3.57. The van der Waals surface area contributed by atoms with Crippen molar-refractivity contribution < 1.29 is 19.1 Å². The summed E-state index contributed by atoms with van der Waals surface area (Å²) < 4.78 is 11.0. The molecule has 29 heavy (non-hydrogen) atoms. The van der Waals surface area contributed by atoms with Crippen LogP contribution in [0.15, 0.2) is 57.2 Å². The predicted octanol–water partition coefficient (Wildman–Crippen LogP) is 3.11. The SMILES string of the molecule is COc1cc(C2c3c(oc4ccccc4c3=O)C(=O)N2c2nncs2)ccc1O. The number of nitrogens with zero attached hydrogens (tertiary/aromatic N) is 3. The van der Waals surface area contributed by atoms with Gasteiger partial charge in [0.2, 0.25) is 10.9 Å². The average Bonchev–Trinajstić information content (AvgIpc) is 3.35. The van der Waals surface area contributed by atoms with E-state index in [9.17, 15) is 14.7 Å². The summed E-state index contributed by atoms with van der Waals surface area (Å²) in [5, 5.41) is 18.5. The second kappa shape index (κ2) is 6.42. The number of aromatic hydroxyl groups is 1. The van der Waals surface area contributed by atoms with Crippen molar-refractivity contribution in [3.05, 3.63) is 75.1 Å². The minimum absolute atomic E-state index is 0.0269. The maximum atomic E-state index is 13.3. The first-order valence-electron chi connectivity index (χ1n) is 8.62. The molecule has 8 nitrogen and oxygen atoms in total. The van der Waals surface area contributed by atoms with E-state index >= 15 is 0 Å². The van der Waals surface area contributed by atoms with E-state index in [1.807, 2.05) is 0 Å². The number of anilines is 1. The van der Waals surface area contributed by atoms with Gasteiger partial charge in [-0.3, -0.25) is 14.5 Å². The van der Waals surface area contributed by atoms with Gasteiger partial charge in [0.05, 0.1) is 24.1 Å². The second-order valence-corrected chi connectivity index (χ2v) is 7.21. The lowest BCUT2D eigenvalue weighted by molar-refractivity contribution is 0.0970. The molecule has 9 heteroatoms. The molecule has 0 spiro atoms. The molecular formula is C20H13N3O5S. The zero-order valence-corrected chi connectivity index (χ0v) is 15.8. The topological polar surface area (TPSA) is 106 Å². The largest absolute Gasteiger partial charge is 0.504 e. The molecule has 5 rings (SSSR count). The summed E-state index contributed by atoms with van der Waals surface area (Å²) in [4.78, 5) is 28.0. The number of rotatable bonds is 3. The molecule has 2 aromatic heterocycles. The Balaban J connectivity index is 1.83. The van der Waals surface area contributed by atoms with Crippen molar-refractivity contribution in [2.24, 2.45) is 0 Å². The minimum Gasteiger partial charge on any atom is -0.504 e. The van der Waals surface area contributed by atoms with Gasteiger partial charge >= 0.3 is 0 Å². The first kappa shape index (κ1) is 17.4. The van der Waals surface area contributed by atoms with Gasteiger partial charge in [-0.05, 0) is 29.8 Å². The van der Waals surface area contributed by atoms with Crippen molar-refractivity contribution in [3.8, 4) is 11.5 Å². The van der Waals surface area contributed by atoms with Gasteiger partial charge in [-0.25, -0.2) is 0 Å². The van der Waals surface area contributed by atoms with Gasteiger partial charge < -0.3 is 14.3 Å². The summed E-state index contributed by atoms with van der Waals surface area (Å²) in [5.74, 6) is -0.322. The van der Waals surface area contributed by atoms with E-state index in [2.05, 4.69) is 10.2 Å². The Bertz CT molecular complexity index is 1320. The number of ether oxygens (including phenoxy) is 1. The zero-order chi connectivity index (χ0) is 20.1. The maximum absolute atomic E-state index is 13.3. The summed E-state index contributed by atoms with van der Waals surface area (Å²) in [5.41, 5.74) is 2.34. The number of methoxy groups -OCH3 is 1. The van der Waals surface area contributed by atoms with E-state index in [4.69, 9.17) is 9.15 Å². The molecule has 1 aliphatic heterocycles. The van der Waals surface area contributed by atoms with Crippen LogP contribution in [0.25, 0.3) is 11.0 Å². The Morgan fingerprint density at radius 3 is 2.79 bits per heavy atom. The van der Waals surface area contributed by atoms with Crippen LogP contribution in [0.3, 0.4) is 0 Å². The van der Waals surface area contributed by atoms with Gasteiger partial charge in [0.15, 0.2) is 16.9 Å². The number of para-hydroxylation sites is 1. The molecular weight excluding hydrogens is 394 g/mol. The highest BCUT2D eigenvalue weighted by atomic mass is 32.1. The summed E-state index contributed by atoms with van der Waals surface area (Å²) in [6.07, 6.45) is 0. The molecule has 2 aromatic carbocycles. The standard InChI is InChI=1S/C20H13N3O5S/c1-27-14-8-10(6-7-12(14)24)16-15-17(25)11-4-2-3-5-13(11)28-18(15)19(26)23(16)20-22-21-9-29-20/h2-9,16,24H,1H3. The van der Waals surface area contributed by atoms with Crippen molar-refractivity contribution in [1.29, 1.82) is 0 Å².